The quantitative estimate of drug-likeness (QED) is 0.811. The number of anilines is 3. The van der Waals surface area contributed by atoms with Gasteiger partial charge < -0.3 is 15.5 Å². The standard InChI is InChI=1S/C20H22N4O2/c1-20(2,19(26)23-17-8-6-5-7-14(17)13-21)18(25)22-15-9-11-16(12-10-15)24(3)4/h5-12H,1-4H3,(H,22,25)(H,23,26). The van der Waals surface area contributed by atoms with E-state index in [0.29, 0.717) is 16.9 Å². The normalized spacial score (nSPS) is 10.6. The lowest BCUT2D eigenvalue weighted by Gasteiger charge is -2.23. The van der Waals surface area contributed by atoms with E-state index in [1.807, 2.05) is 37.2 Å². The molecule has 0 heterocycles. The van der Waals surface area contributed by atoms with Crippen LogP contribution in [0.15, 0.2) is 48.5 Å². The zero-order valence-electron chi connectivity index (χ0n) is 15.3. The van der Waals surface area contributed by atoms with Crippen molar-refractivity contribution in [2.24, 2.45) is 5.41 Å². The predicted molar refractivity (Wildman–Crippen MR) is 103 cm³/mol. The molecule has 2 aromatic carbocycles. The van der Waals surface area contributed by atoms with Crippen LogP contribution in [0.4, 0.5) is 17.1 Å². The Bertz CT molecular complexity index is 849. The molecule has 0 spiro atoms. The van der Waals surface area contributed by atoms with Gasteiger partial charge in [-0.05, 0) is 50.2 Å². The van der Waals surface area contributed by atoms with Crippen LogP contribution < -0.4 is 15.5 Å². The van der Waals surface area contributed by atoms with Crippen LogP contribution in [0.25, 0.3) is 0 Å². The molecule has 2 N–H and O–H groups in total. The Labute approximate surface area is 153 Å². The van der Waals surface area contributed by atoms with Gasteiger partial charge in [0.25, 0.3) is 0 Å². The van der Waals surface area contributed by atoms with Gasteiger partial charge in [-0.25, -0.2) is 0 Å². The second-order valence-electron chi connectivity index (χ2n) is 6.63. The second-order valence-corrected chi connectivity index (χ2v) is 6.63. The minimum Gasteiger partial charge on any atom is -0.378 e. The van der Waals surface area contributed by atoms with Gasteiger partial charge in [-0.3, -0.25) is 9.59 Å². The summed E-state index contributed by atoms with van der Waals surface area (Å²) in [5, 5.41) is 14.5. The maximum Gasteiger partial charge on any atom is 0.239 e. The highest BCUT2D eigenvalue weighted by molar-refractivity contribution is 6.14. The second kappa shape index (κ2) is 7.70. The Kier molecular flexibility index (Phi) is 5.63. The van der Waals surface area contributed by atoms with E-state index in [1.165, 1.54) is 0 Å². The molecule has 26 heavy (non-hydrogen) atoms. The number of benzene rings is 2. The number of nitrogens with one attached hydrogen (secondary N) is 2. The molecule has 0 saturated heterocycles. The van der Waals surface area contributed by atoms with Crippen molar-refractivity contribution in [1.82, 2.24) is 0 Å². The molecule has 0 atom stereocenters. The van der Waals surface area contributed by atoms with Crippen LogP contribution in [0, 0.1) is 16.7 Å². The smallest absolute Gasteiger partial charge is 0.239 e. The molecule has 0 aliphatic heterocycles. The van der Waals surface area contributed by atoms with Crippen LogP contribution in [-0.4, -0.2) is 25.9 Å². The molecule has 0 unspecified atom stereocenters. The first-order valence-electron chi connectivity index (χ1n) is 8.15. The van der Waals surface area contributed by atoms with Crippen molar-refractivity contribution < 1.29 is 9.59 Å². The van der Waals surface area contributed by atoms with Gasteiger partial charge in [-0.1, -0.05) is 12.1 Å². The SMILES string of the molecule is CN(C)c1ccc(NC(=O)C(C)(C)C(=O)Nc2ccccc2C#N)cc1. The third kappa shape index (κ3) is 4.19. The molecule has 0 radical (unpaired) electrons. The fourth-order valence-electron chi connectivity index (χ4n) is 2.20. The molecule has 2 aromatic rings. The third-order valence-electron chi connectivity index (χ3n) is 4.07. The average molecular weight is 350 g/mol. The summed E-state index contributed by atoms with van der Waals surface area (Å²) in [4.78, 5) is 27.1. The summed E-state index contributed by atoms with van der Waals surface area (Å²) in [6.07, 6.45) is 0. The van der Waals surface area contributed by atoms with E-state index in [2.05, 4.69) is 10.6 Å². The number of nitrogens with zero attached hydrogens (tertiary/aromatic N) is 2. The first kappa shape index (κ1) is 19.0. The predicted octanol–water partition coefficient (Wildman–Crippen LogP) is 3.23. The van der Waals surface area contributed by atoms with E-state index < -0.39 is 17.2 Å². The van der Waals surface area contributed by atoms with Crippen LogP contribution in [0.1, 0.15) is 19.4 Å². The van der Waals surface area contributed by atoms with Crippen molar-refractivity contribution in [3.8, 4) is 6.07 Å². The number of amides is 2. The summed E-state index contributed by atoms with van der Waals surface area (Å²) in [6, 6.07) is 16.0. The molecule has 0 aliphatic carbocycles. The minimum atomic E-state index is -1.32. The molecule has 0 fully saturated rings. The Morgan fingerprint density at radius 1 is 0.962 bits per heavy atom. The number of para-hydroxylation sites is 1. The largest absolute Gasteiger partial charge is 0.378 e. The fraction of sp³-hybridized carbons (Fsp3) is 0.250. The van der Waals surface area contributed by atoms with E-state index in [-0.39, 0.29) is 0 Å². The summed E-state index contributed by atoms with van der Waals surface area (Å²) in [7, 11) is 3.86. The summed E-state index contributed by atoms with van der Waals surface area (Å²) in [5.41, 5.74) is 1.03. The van der Waals surface area contributed by atoms with Crippen molar-refractivity contribution >= 4 is 28.9 Å². The first-order chi connectivity index (χ1) is 12.3. The summed E-state index contributed by atoms with van der Waals surface area (Å²) < 4.78 is 0. The van der Waals surface area contributed by atoms with Crippen LogP contribution in [0.5, 0.6) is 0 Å². The van der Waals surface area contributed by atoms with E-state index in [4.69, 9.17) is 5.26 Å². The topological polar surface area (TPSA) is 85.2 Å². The number of hydrogen-bond donors (Lipinski definition) is 2. The summed E-state index contributed by atoms with van der Waals surface area (Å²) >= 11 is 0. The zero-order chi connectivity index (χ0) is 19.3. The van der Waals surface area contributed by atoms with Crippen LogP contribution >= 0.6 is 0 Å². The molecule has 134 valence electrons. The van der Waals surface area contributed by atoms with Gasteiger partial charge in [0.05, 0.1) is 11.3 Å². The molecule has 0 aliphatic rings. The zero-order valence-corrected chi connectivity index (χ0v) is 15.3. The number of carbonyl (C=O) groups excluding carboxylic acids is 2. The molecular formula is C20H22N4O2. The number of carbonyl (C=O) groups is 2. The molecule has 2 amide bonds. The van der Waals surface area contributed by atoms with Crippen molar-refractivity contribution in [2.75, 3.05) is 29.6 Å². The monoisotopic (exact) mass is 350 g/mol. The maximum atomic E-state index is 12.6. The highest BCUT2D eigenvalue weighted by atomic mass is 16.2. The summed E-state index contributed by atoms with van der Waals surface area (Å²) in [5.74, 6) is -0.912. The summed E-state index contributed by atoms with van der Waals surface area (Å²) in [6.45, 7) is 3.09. The molecule has 2 rings (SSSR count). The van der Waals surface area contributed by atoms with Crippen molar-refractivity contribution in [3.63, 3.8) is 0 Å². The molecule has 0 bridgehead atoms. The van der Waals surface area contributed by atoms with Crippen molar-refractivity contribution in [3.05, 3.63) is 54.1 Å². The Hall–Kier alpha value is -3.33. The lowest BCUT2D eigenvalue weighted by Crippen LogP contribution is -2.41. The fourth-order valence-corrected chi connectivity index (χ4v) is 2.20. The molecule has 0 aromatic heterocycles. The van der Waals surface area contributed by atoms with Gasteiger partial charge in [0.2, 0.25) is 11.8 Å². The van der Waals surface area contributed by atoms with E-state index in [1.54, 1.807) is 50.2 Å². The van der Waals surface area contributed by atoms with E-state index in [0.717, 1.165) is 5.69 Å². The first-order valence-corrected chi connectivity index (χ1v) is 8.15. The lowest BCUT2D eigenvalue weighted by molar-refractivity contribution is -0.135. The highest BCUT2D eigenvalue weighted by Gasteiger charge is 2.36. The molecule has 6 heteroatoms. The number of nitriles is 1. The number of hydrogen-bond acceptors (Lipinski definition) is 4. The van der Waals surface area contributed by atoms with E-state index in [9.17, 15) is 9.59 Å². The minimum absolute atomic E-state index is 0.344. The molecular weight excluding hydrogens is 328 g/mol. The van der Waals surface area contributed by atoms with E-state index >= 15 is 0 Å². The third-order valence-corrected chi connectivity index (χ3v) is 4.07. The van der Waals surface area contributed by atoms with Gasteiger partial charge >= 0.3 is 0 Å². The van der Waals surface area contributed by atoms with Gasteiger partial charge in [-0.2, -0.15) is 5.26 Å². The lowest BCUT2D eigenvalue weighted by atomic mass is 9.90. The maximum absolute atomic E-state index is 12.6. The van der Waals surface area contributed by atoms with Crippen molar-refractivity contribution in [1.29, 1.82) is 5.26 Å². The Morgan fingerprint density at radius 3 is 2.12 bits per heavy atom. The van der Waals surface area contributed by atoms with Gasteiger partial charge in [-0.15, -0.1) is 0 Å². The average Bonchev–Trinajstić information content (AvgIpc) is 2.62. The van der Waals surface area contributed by atoms with Crippen LogP contribution in [-0.2, 0) is 9.59 Å². The van der Waals surface area contributed by atoms with Crippen molar-refractivity contribution in [2.45, 2.75) is 13.8 Å². The van der Waals surface area contributed by atoms with Gasteiger partial charge in [0.15, 0.2) is 0 Å². The van der Waals surface area contributed by atoms with Crippen LogP contribution in [0.2, 0.25) is 0 Å². The van der Waals surface area contributed by atoms with Crippen LogP contribution in [0.3, 0.4) is 0 Å². The molecule has 6 nitrogen and oxygen atoms in total. The highest BCUT2D eigenvalue weighted by Crippen LogP contribution is 2.24. The Morgan fingerprint density at radius 2 is 1.54 bits per heavy atom. The molecule has 0 saturated carbocycles. The Balaban J connectivity index is 2.11. The number of rotatable bonds is 5. The van der Waals surface area contributed by atoms with Gasteiger partial charge in [0, 0.05) is 25.5 Å². The van der Waals surface area contributed by atoms with Gasteiger partial charge in [0.1, 0.15) is 11.5 Å².